The molecule has 11 nitrogen and oxygen atoms in total. The quantitative estimate of drug-likeness (QED) is 0.299. The Kier molecular flexibility index (Phi) is 8.54. The van der Waals surface area contributed by atoms with E-state index in [4.69, 9.17) is 5.11 Å². The van der Waals surface area contributed by atoms with Crippen LogP contribution < -0.4 is 21.3 Å². The van der Waals surface area contributed by atoms with Gasteiger partial charge in [-0.2, -0.15) is 0 Å². The number of rotatable bonds is 10. The number of carboxylic acids is 1. The molecule has 4 amide bonds. The number of aromatic nitrogens is 2. The monoisotopic (exact) mass is 478 g/mol. The van der Waals surface area contributed by atoms with E-state index in [2.05, 4.69) is 26.3 Å². The van der Waals surface area contributed by atoms with Crippen molar-refractivity contribution in [1.82, 2.24) is 25.5 Å². The zero-order valence-electron chi connectivity index (χ0n) is 19.0. The number of pyridine rings is 1. The molecule has 1 atom stereocenters. The van der Waals surface area contributed by atoms with Gasteiger partial charge in [0.25, 0.3) is 5.91 Å². The SMILES string of the molecule is Cn1cc(NC(=O)NCc2ccccc2)cc1C(=O)NCC(=O)NC(CC(=O)O)c1cccnc1. The lowest BCUT2D eigenvalue weighted by Crippen LogP contribution is -2.39. The van der Waals surface area contributed by atoms with Gasteiger partial charge in [0.2, 0.25) is 5.91 Å². The topological polar surface area (TPSA) is 154 Å². The summed E-state index contributed by atoms with van der Waals surface area (Å²) in [5, 5.41) is 19.6. The molecule has 0 saturated heterocycles. The number of carbonyl (C=O) groups excluding carboxylic acids is 3. The molecule has 0 aliphatic rings. The van der Waals surface area contributed by atoms with E-state index in [1.807, 2.05) is 30.3 Å². The second-order valence-corrected chi connectivity index (χ2v) is 7.71. The zero-order valence-corrected chi connectivity index (χ0v) is 19.0. The van der Waals surface area contributed by atoms with Gasteiger partial charge in [-0.15, -0.1) is 0 Å². The van der Waals surface area contributed by atoms with Gasteiger partial charge in [0.1, 0.15) is 5.69 Å². The Labute approximate surface area is 201 Å². The third kappa shape index (κ3) is 7.70. The van der Waals surface area contributed by atoms with Crippen molar-refractivity contribution in [3.05, 3.63) is 83.9 Å². The van der Waals surface area contributed by atoms with Gasteiger partial charge in [0.15, 0.2) is 0 Å². The number of aliphatic carboxylic acids is 1. The maximum Gasteiger partial charge on any atom is 0.319 e. The van der Waals surface area contributed by atoms with Gasteiger partial charge in [0, 0.05) is 32.2 Å². The minimum absolute atomic E-state index is 0.227. The first-order valence-electron chi connectivity index (χ1n) is 10.8. The van der Waals surface area contributed by atoms with Crippen molar-refractivity contribution in [2.24, 2.45) is 7.05 Å². The van der Waals surface area contributed by atoms with Crippen LogP contribution in [0.4, 0.5) is 10.5 Å². The van der Waals surface area contributed by atoms with Crippen LogP contribution >= 0.6 is 0 Å². The fourth-order valence-electron chi connectivity index (χ4n) is 3.32. The molecule has 0 bridgehead atoms. The number of benzene rings is 1. The standard InChI is InChI=1S/C24H26N6O5/c1-30-15-18(28-24(35)27-12-16-6-3-2-4-7-16)10-20(30)23(34)26-14-21(31)29-19(11-22(32)33)17-8-5-9-25-13-17/h2-10,13,15,19H,11-12,14H2,1H3,(H,26,34)(H,29,31)(H,32,33)(H2,27,28,35). The lowest BCUT2D eigenvalue weighted by Gasteiger charge is -2.17. The Morgan fingerprint density at radius 3 is 2.51 bits per heavy atom. The Hall–Kier alpha value is -4.67. The fourth-order valence-corrected chi connectivity index (χ4v) is 3.32. The Balaban J connectivity index is 1.51. The lowest BCUT2D eigenvalue weighted by atomic mass is 10.1. The molecular formula is C24H26N6O5. The Bertz CT molecular complexity index is 1180. The van der Waals surface area contributed by atoms with Crippen LogP contribution in [-0.4, -0.2) is 45.0 Å². The van der Waals surface area contributed by atoms with Crippen LogP contribution in [0.25, 0.3) is 0 Å². The van der Waals surface area contributed by atoms with E-state index in [1.165, 1.54) is 16.8 Å². The minimum atomic E-state index is -1.08. The van der Waals surface area contributed by atoms with E-state index in [-0.39, 0.29) is 18.7 Å². The second-order valence-electron chi connectivity index (χ2n) is 7.71. The van der Waals surface area contributed by atoms with Crippen LogP contribution in [0.1, 0.15) is 34.1 Å². The van der Waals surface area contributed by atoms with Crippen LogP contribution in [-0.2, 0) is 23.2 Å². The molecule has 0 saturated carbocycles. The number of aryl methyl sites for hydroxylation is 1. The molecule has 0 fully saturated rings. The molecule has 35 heavy (non-hydrogen) atoms. The normalized spacial score (nSPS) is 11.2. The van der Waals surface area contributed by atoms with Crippen molar-refractivity contribution in [3.63, 3.8) is 0 Å². The molecular weight excluding hydrogens is 452 g/mol. The highest BCUT2D eigenvalue weighted by atomic mass is 16.4. The van der Waals surface area contributed by atoms with Crippen LogP contribution in [0.15, 0.2) is 67.1 Å². The van der Waals surface area contributed by atoms with Crippen molar-refractivity contribution in [3.8, 4) is 0 Å². The molecule has 0 spiro atoms. The van der Waals surface area contributed by atoms with Gasteiger partial charge in [-0.3, -0.25) is 19.4 Å². The first-order chi connectivity index (χ1) is 16.8. The molecule has 182 valence electrons. The summed E-state index contributed by atoms with van der Waals surface area (Å²) in [6.07, 6.45) is 4.26. The largest absolute Gasteiger partial charge is 0.481 e. The zero-order chi connectivity index (χ0) is 25.2. The highest BCUT2D eigenvalue weighted by Gasteiger charge is 2.19. The first-order valence-corrected chi connectivity index (χ1v) is 10.8. The number of anilines is 1. The molecule has 5 N–H and O–H groups in total. The summed E-state index contributed by atoms with van der Waals surface area (Å²) in [5.41, 5.74) is 2.12. The molecule has 3 aromatic rings. The van der Waals surface area contributed by atoms with Crippen LogP contribution in [0.3, 0.4) is 0 Å². The third-order valence-electron chi connectivity index (χ3n) is 5.00. The predicted molar refractivity (Wildman–Crippen MR) is 127 cm³/mol. The van der Waals surface area contributed by atoms with Crippen molar-refractivity contribution < 1.29 is 24.3 Å². The van der Waals surface area contributed by atoms with E-state index in [0.717, 1.165) is 5.56 Å². The number of hydrogen-bond donors (Lipinski definition) is 5. The van der Waals surface area contributed by atoms with Crippen LogP contribution in [0.5, 0.6) is 0 Å². The second kappa shape index (κ2) is 12.0. The third-order valence-corrected chi connectivity index (χ3v) is 5.00. The van der Waals surface area contributed by atoms with E-state index < -0.39 is 29.9 Å². The highest BCUT2D eigenvalue weighted by Crippen LogP contribution is 2.16. The Morgan fingerprint density at radius 2 is 1.83 bits per heavy atom. The van der Waals surface area contributed by atoms with Crippen LogP contribution in [0, 0.1) is 0 Å². The summed E-state index contributed by atoms with van der Waals surface area (Å²) in [7, 11) is 1.63. The molecule has 11 heteroatoms. The molecule has 0 aliphatic carbocycles. The van der Waals surface area contributed by atoms with Gasteiger partial charge < -0.3 is 30.9 Å². The van der Waals surface area contributed by atoms with Gasteiger partial charge in [-0.25, -0.2) is 4.79 Å². The fraction of sp³-hybridized carbons (Fsp3) is 0.208. The van der Waals surface area contributed by atoms with Crippen molar-refractivity contribution in [1.29, 1.82) is 0 Å². The number of nitrogens with one attached hydrogen (secondary N) is 4. The summed E-state index contributed by atoms with van der Waals surface area (Å²) in [6.45, 7) is -0.00933. The first kappa shape index (κ1) is 25.0. The number of carbonyl (C=O) groups is 4. The summed E-state index contributed by atoms with van der Waals surface area (Å²) >= 11 is 0. The average molecular weight is 479 g/mol. The average Bonchev–Trinajstić information content (AvgIpc) is 3.21. The molecule has 0 radical (unpaired) electrons. The van der Waals surface area contributed by atoms with Crippen LogP contribution in [0.2, 0.25) is 0 Å². The molecule has 3 rings (SSSR count). The summed E-state index contributed by atoms with van der Waals surface area (Å²) in [6, 6.07) is 13.0. The maximum absolute atomic E-state index is 12.6. The number of nitrogens with zero attached hydrogens (tertiary/aromatic N) is 2. The molecule has 1 aromatic carbocycles. The van der Waals surface area contributed by atoms with Gasteiger partial charge in [0.05, 0.1) is 24.7 Å². The van der Waals surface area contributed by atoms with E-state index in [1.54, 1.807) is 31.6 Å². The minimum Gasteiger partial charge on any atom is -0.481 e. The van der Waals surface area contributed by atoms with Crippen molar-refractivity contribution >= 4 is 29.5 Å². The summed E-state index contributed by atoms with van der Waals surface area (Å²) in [5.74, 6) is -2.17. The van der Waals surface area contributed by atoms with Gasteiger partial charge in [-0.05, 0) is 23.3 Å². The van der Waals surface area contributed by atoms with Crippen molar-refractivity contribution in [2.75, 3.05) is 11.9 Å². The Morgan fingerprint density at radius 1 is 1.06 bits per heavy atom. The lowest BCUT2D eigenvalue weighted by molar-refractivity contribution is -0.137. The number of urea groups is 1. The highest BCUT2D eigenvalue weighted by molar-refractivity contribution is 5.97. The molecule has 1 unspecified atom stereocenters. The summed E-state index contributed by atoms with van der Waals surface area (Å²) in [4.78, 5) is 52.2. The number of carboxylic acid groups (broad SMARTS) is 1. The van der Waals surface area contributed by atoms with E-state index in [0.29, 0.717) is 17.8 Å². The maximum atomic E-state index is 12.6. The number of hydrogen-bond acceptors (Lipinski definition) is 5. The van der Waals surface area contributed by atoms with Gasteiger partial charge in [-0.1, -0.05) is 36.4 Å². The van der Waals surface area contributed by atoms with E-state index >= 15 is 0 Å². The summed E-state index contributed by atoms with van der Waals surface area (Å²) < 4.78 is 1.52. The van der Waals surface area contributed by atoms with Gasteiger partial charge >= 0.3 is 12.0 Å². The molecule has 0 aliphatic heterocycles. The predicted octanol–water partition coefficient (Wildman–Crippen LogP) is 1.80. The molecule has 2 aromatic heterocycles. The molecule has 2 heterocycles. The number of amides is 4. The van der Waals surface area contributed by atoms with E-state index in [9.17, 15) is 19.2 Å². The smallest absolute Gasteiger partial charge is 0.319 e. The van der Waals surface area contributed by atoms with Crippen molar-refractivity contribution in [2.45, 2.75) is 19.0 Å².